The Morgan fingerprint density at radius 2 is 2.19 bits per heavy atom. The molecule has 0 aliphatic heterocycles. The molecule has 4 heteroatoms. The summed E-state index contributed by atoms with van der Waals surface area (Å²) < 4.78 is 1.31. The van der Waals surface area contributed by atoms with E-state index in [0.29, 0.717) is 6.04 Å². The summed E-state index contributed by atoms with van der Waals surface area (Å²) in [5.41, 5.74) is 1.06. The fourth-order valence-corrected chi connectivity index (χ4v) is 2.68. The second kappa shape index (κ2) is 4.03. The Hall–Kier alpha value is -1.13. The molecule has 1 heterocycles. The van der Waals surface area contributed by atoms with Crippen LogP contribution in [-0.2, 0) is 0 Å². The van der Waals surface area contributed by atoms with Gasteiger partial charge in [-0.3, -0.25) is 0 Å². The first-order valence-corrected chi connectivity index (χ1v) is 6.65. The van der Waals surface area contributed by atoms with Crippen LogP contribution in [0.5, 0.6) is 0 Å². The zero-order valence-electron chi connectivity index (χ0n) is 8.69. The number of thiocarbonyl (C=S) groups is 1. The second-order valence-corrected chi connectivity index (χ2v) is 5.40. The highest BCUT2D eigenvalue weighted by Crippen LogP contribution is 2.24. The predicted octanol–water partition coefficient (Wildman–Crippen LogP) is 3.35. The van der Waals surface area contributed by atoms with Gasteiger partial charge in [0.2, 0.25) is 0 Å². The van der Waals surface area contributed by atoms with Gasteiger partial charge in [-0.2, -0.15) is 0 Å². The molecular weight excluding hydrogens is 236 g/mol. The molecule has 1 aliphatic rings. The van der Waals surface area contributed by atoms with Crippen LogP contribution in [-0.4, -0.2) is 11.2 Å². The minimum Gasteiger partial charge on any atom is -0.360 e. The molecule has 82 valence electrons. The summed E-state index contributed by atoms with van der Waals surface area (Å²) in [5, 5.41) is 10.6. The first-order chi connectivity index (χ1) is 7.81. The van der Waals surface area contributed by atoms with Crippen LogP contribution in [0, 0.1) is 0 Å². The molecule has 0 spiro atoms. The minimum absolute atomic E-state index is 0.602. The fourth-order valence-electron chi connectivity index (χ4n) is 1.62. The molecular formula is C12H12N2S2. The summed E-state index contributed by atoms with van der Waals surface area (Å²) in [6, 6.07) is 9.06. The van der Waals surface area contributed by atoms with E-state index in [1.54, 1.807) is 11.3 Å². The maximum atomic E-state index is 5.23. The van der Waals surface area contributed by atoms with E-state index in [1.165, 1.54) is 22.9 Å². The number of nitrogens with one attached hydrogen (secondary N) is 2. The molecule has 0 bridgehead atoms. The molecule has 1 aromatic heterocycles. The van der Waals surface area contributed by atoms with Crippen molar-refractivity contribution in [2.45, 2.75) is 18.9 Å². The van der Waals surface area contributed by atoms with Gasteiger partial charge in [0.15, 0.2) is 5.11 Å². The van der Waals surface area contributed by atoms with Gasteiger partial charge in [-0.25, -0.2) is 0 Å². The molecule has 16 heavy (non-hydrogen) atoms. The standard InChI is InChI=1S/C12H12N2S2/c15-12(13-9-1-2-9)14-10-3-4-11-8(7-10)5-6-16-11/h3-7,9H,1-2H2,(H2,13,14,15). The Morgan fingerprint density at radius 1 is 1.31 bits per heavy atom. The van der Waals surface area contributed by atoms with Crippen molar-refractivity contribution >= 4 is 44.4 Å². The third kappa shape index (κ3) is 2.18. The smallest absolute Gasteiger partial charge is 0.170 e. The van der Waals surface area contributed by atoms with Crippen LogP contribution >= 0.6 is 23.6 Å². The first kappa shape index (κ1) is 10.1. The summed E-state index contributed by atoms with van der Waals surface area (Å²) >= 11 is 6.99. The lowest BCUT2D eigenvalue weighted by molar-refractivity contribution is 0.919. The van der Waals surface area contributed by atoms with Crippen molar-refractivity contribution in [1.82, 2.24) is 5.32 Å². The largest absolute Gasteiger partial charge is 0.360 e. The highest BCUT2D eigenvalue weighted by atomic mass is 32.1. The lowest BCUT2D eigenvalue weighted by Crippen LogP contribution is -2.30. The predicted molar refractivity (Wildman–Crippen MR) is 74.2 cm³/mol. The van der Waals surface area contributed by atoms with Gasteiger partial charge in [0, 0.05) is 16.4 Å². The van der Waals surface area contributed by atoms with Crippen LogP contribution in [0.25, 0.3) is 10.1 Å². The molecule has 1 aromatic carbocycles. The van der Waals surface area contributed by atoms with Crippen molar-refractivity contribution in [3.63, 3.8) is 0 Å². The van der Waals surface area contributed by atoms with Gasteiger partial charge in [0.25, 0.3) is 0 Å². The Labute approximate surface area is 104 Å². The molecule has 0 amide bonds. The van der Waals surface area contributed by atoms with Crippen molar-refractivity contribution < 1.29 is 0 Å². The lowest BCUT2D eigenvalue weighted by atomic mass is 10.2. The summed E-state index contributed by atoms with van der Waals surface area (Å²) in [5.74, 6) is 0. The molecule has 0 radical (unpaired) electrons. The summed E-state index contributed by atoms with van der Waals surface area (Å²) in [6.45, 7) is 0. The van der Waals surface area contributed by atoms with Gasteiger partial charge in [-0.05, 0) is 60.1 Å². The fraction of sp³-hybridized carbons (Fsp3) is 0.250. The van der Waals surface area contributed by atoms with Gasteiger partial charge in [0.1, 0.15) is 0 Å². The van der Waals surface area contributed by atoms with E-state index in [2.05, 4.69) is 40.3 Å². The number of thiophene rings is 1. The molecule has 1 aliphatic carbocycles. The van der Waals surface area contributed by atoms with Gasteiger partial charge in [0.05, 0.1) is 0 Å². The number of anilines is 1. The Balaban J connectivity index is 1.74. The van der Waals surface area contributed by atoms with Crippen molar-refractivity contribution in [3.05, 3.63) is 29.6 Å². The van der Waals surface area contributed by atoms with Gasteiger partial charge in [-0.1, -0.05) is 0 Å². The average Bonchev–Trinajstić information content (AvgIpc) is 2.95. The summed E-state index contributed by atoms with van der Waals surface area (Å²) in [6.07, 6.45) is 2.48. The van der Waals surface area contributed by atoms with Crippen LogP contribution in [0.3, 0.4) is 0 Å². The monoisotopic (exact) mass is 248 g/mol. The van der Waals surface area contributed by atoms with Crippen LogP contribution in [0.1, 0.15) is 12.8 Å². The molecule has 3 rings (SSSR count). The lowest BCUT2D eigenvalue weighted by Gasteiger charge is -2.09. The van der Waals surface area contributed by atoms with E-state index in [0.717, 1.165) is 10.8 Å². The van der Waals surface area contributed by atoms with Crippen molar-refractivity contribution in [1.29, 1.82) is 0 Å². The third-order valence-corrected chi connectivity index (χ3v) is 3.74. The molecule has 2 nitrogen and oxygen atoms in total. The molecule has 0 saturated heterocycles. The number of rotatable bonds is 2. The Kier molecular flexibility index (Phi) is 2.53. The van der Waals surface area contributed by atoms with Crippen LogP contribution < -0.4 is 10.6 Å². The highest BCUT2D eigenvalue weighted by Gasteiger charge is 2.21. The van der Waals surface area contributed by atoms with E-state index in [9.17, 15) is 0 Å². The zero-order chi connectivity index (χ0) is 11.0. The highest BCUT2D eigenvalue weighted by molar-refractivity contribution is 7.80. The van der Waals surface area contributed by atoms with E-state index in [-0.39, 0.29) is 0 Å². The average molecular weight is 248 g/mol. The molecule has 0 atom stereocenters. The molecule has 1 fully saturated rings. The van der Waals surface area contributed by atoms with Crippen LogP contribution in [0.15, 0.2) is 29.6 Å². The third-order valence-electron chi connectivity index (χ3n) is 2.62. The van der Waals surface area contributed by atoms with E-state index in [4.69, 9.17) is 12.2 Å². The number of hydrogen-bond donors (Lipinski definition) is 2. The van der Waals surface area contributed by atoms with Gasteiger partial charge < -0.3 is 10.6 Å². The Bertz CT molecular complexity index is 529. The topological polar surface area (TPSA) is 24.1 Å². The number of benzene rings is 1. The quantitative estimate of drug-likeness (QED) is 0.797. The normalized spacial score (nSPS) is 15.0. The SMILES string of the molecule is S=C(Nc1ccc2sccc2c1)NC1CC1. The first-order valence-electron chi connectivity index (χ1n) is 5.36. The van der Waals surface area contributed by atoms with E-state index < -0.39 is 0 Å². The minimum atomic E-state index is 0.602. The molecule has 2 aromatic rings. The second-order valence-electron chi connectivity index (χ2n) is 4.05. The molecule has 2 N–H and O–H groups in total. The summed E-state index contributed by atoms with van der Waals surface area (Å²) in [7, 11) is 0. The van der Waals surface area contributed by atoms with Gasteiger partial charge >= 0.3 is 0 Å². The summed E-state index contributed by atoms with van der Waals surface area (Å²) in [4.78, 5) is 0. The van der Waals surface area contributed by atoms with E-state index >= 15 is 0 Å². The number of hydrogen-bond acceptors (Lipinski definition) is 2. The molecule has 1 saturated carbocycles. The maximum absolute atomic E-state index is 5.23. The molecule has 0 unspecified atom stereocenters. The van der Waals surface area contributed by atoms with Crippen molar-refractivity contribution in [3.8, 4) is 0 Å². The van der Waals surface area contributed by atoms with Crippen molar-refractivity contribution in [2.75, 3.05) is 5.32 Å². The maximum Gasteiger partial charge on any atom is 0.170 e. The Morgan fingerprint density at radius 3 is 3.00 bits per heavy atom. The van der Waals surface area contributed by atoms with Crippen LogP contribution in [0.4, 0.5) is 5.69 Å². The van der Waals surface area contributed by atoms with Gasteiger partial charge in [-0.15, -0.1) is 11.3 Å². The number of fused-ring (bicyclic) bond motifs is 1. The van der Waals surface area contributed by atoms with Crippen molar-refractivity contribution in [2.24, 2.45) is 0 Å². The zero-order valence-corrected chi connectivity index (χ0v) is 10.3. The van der Waals surface area contributed by atoms with E-state index in [1.807, 2.05) is 0 Å². The van der Waals surface area contributed by atoms with Crippen LogP contribution in [0.2, 0.25) is 0 Å².